The molecule has 0 atom stereocenters. The van der Waals surface area contributed by atoms with Crippen LogP contribution in [0.2, 0.25) is 0 Å². The van der Waals surface area contributed by atoms with Crippen molar-refractivity contribution in [1.82, 2.24) is 4.90 Å². The van der Waals surface area contributed by atoms with Crippen molar-refractivity contribution in [2.75, 3.05) is 6.54 Å². The maximum absolute atomic E-state index is 12.6. The van der Waals surface area contributed by atoms with Crippen LogP contribution in [0.15, 0.2) is 66.7 Å². The fourth-order valence-electron chi connectivity index (χ4n) is 2.86. The lowest BCUT2D eigenvalue weighted by atomic mass is 9.85. The molecule has 2 nitrogen and oxygen atoms in total. The first-order chi connectivity index (χ1) is 11.3. The first-order valence-corrected chi connectivity index (χ1v) is 8.37. The maximum atomic E-state index is 12.6. The van der Waals surface area contributed by atoms with Gasteiger partial charge in [-0.25, -0.2) is 0 Å². The Morgan fingerprint density at radius 1 is 1.00 bits per heavy atom. The second-order valence-electron chi connectivity index (χ2n) is 6.25. The van der Waals surface area contributed by atoms with Gasteiger partial charge in [0.25, 0.3) is 0 Å². The third-order valence-electron chi connectivity index (χ3n) is 4.45. The molecule has 1 fully saturated rings. The van der Waals surface area contributed by atoms with Crippen LogP contribution in [-0.4, -0.2) is 17.4 Å². The predicted molar refractivity (Wildman–Crippen MR) is 94.7 cm³/mol. The van der Waals surface area contributed by atoms with Crippen LogP contribution >= 0.6 is 0 Å². The minimum atomic E-state index is 0.101. The van der Waals surface area contributed by atoms with Crippen molar-refractivity contribution in [3.8, 4) is 0 Å². The highest BCUT2D eigenvalue weighted by molar-refractivity contribution is 5.91. The van der Waals surface area contributed by atoms with Gasteiger partial charge in [0.05, 0.1) is 0 Å². The molecule has 0 unspecified atom stereocenters. The Morgan fingerprint density at radius 3 is 2.26 bits per heavy atom. The topological polar surface area (TPSA) is 20.3 Å². The van der Waals surface area contributed by atoms with E-state index in [0.717, 1.165) is 12.1 Å². The van der Waals surface area contributed by atoms with Gasteiger partial charge in [0.15, 0.2) is 0 Å². The summed E-state index contributed by atoms with van der Waals surface area (Å²) in [5, 5.41) is 0. The summed E-state index contributed by atoms with van der Waals surface area (Å²) in [7, 11) is 0. The molecule has 2 aromatic rings. The zero-order valence-electron chi connectivity index (χ0n) is 13.4. The van der Waals surface area contributed by atoms with Gasteiger partial charge >= 0.3 is 0 Å². The summed E-state index contributed by atoms with van der Waals surface area (Å²) in [6.07, 6.45) is 7.41. The highest BCUT2D eigenvalue weighted by Crippen LogP contribution is 2.27. The van der Waals surface area contributed by atoms with Gasteiger partial charge in [-0.1, -0.05) is 67.1 Å². The minimum absolute atomic E-state index is 0.101. The minimum Gasteiger partial charge on any atom is -0.335 e. The average Bonchev–Trinajstić information content (AvgIpc) is 2.56. The highest BCUT2D eigenvalue weighted by Gasteiger charge is 2.22. The summed E-state index contributed by atoms with van der Waals surface area (Å²) in [5.41, 5.74) is 2.25. The van der Waals surface area contributed by atoms with E-state index in [9.17, 15) is 4.79 Å². The molecule has 1 amide bonds. The van der Waals surface area contributed by atoms with E-state index in [2.05, 4.69) is 12.1 Å². The van der Waals surface area contributed by atoms with Gasteiger partial charge in [-0.15, -0.1) is 0 Å². The van der Waals surface area contributed by atoms with Gasteiger partial charge in [-0.3, -0.25) is 4.79 Å². The highest BCUT2D eigenvalue weighted by atomic mass is 16.2. The predicted octanol–water partition coefficient (Wildman–Crippen LogP) is 4.53. The van der Waals surface area contributed by atoms with Gasteiger partial charge < -0.3 is 4.90 Å². The summed E-state index contributed by atoms with van der Waals surface area (Å²) in [6, 6.07) is 20.2. The number of hydrogen-bond donors (Lipinski definition) is 0. The summed E-state index contributed by atoms with van der Waals surface area (Å²) in [4.78, 5) is 14.6. The van der Waals surface area contributed by atoms with Crippen LogP contribution in [0.25, 0.3) is 6.08 Å². The van der Waals surface area contributed by atoms with Crippen molar-refractivity contribution >= 4 is 12.0 Å². The normalized spacial score (nSPS) is 14.6. The van der Waals surface area contributed by atoms with E-state index < -0.39 is 0 Å². The van der Waals surface area contributed by atoms with Crippen molar-refractivity contribution in [1.29, 1.82) is 0 Å². The molecule has 0 saturated heterocycles. The molecule has 118 valence electrons. The lowest BCUT2D eigenvalue weighted by molar-refractivity contribution is -0.127. The Bertz CT molecular complexity index is 644. The second-order valence-corrected chi connectivity index (χ2v) is 6.25. The van der Waals surface area contributed by atoms with E-state index >= 15 is 0 Å². The molecule has 2 aromatic carbocycles. The van der Waals surface area contributed by atoms with E-state index in [1.165, 1.54) is 24.8 Å². The number of carbonyl (C=O) groups excluding carboxylic acids is 1. The zero-order valence-corrected chi connectivity index (χ0v) is 13.4. The Balaban J connectivity index is 1.68. The molecular formula is C21H23NO. The molecule has 1 aliphatic rings. The number of carbonyl (C=O) groups is 1. The maximum Gasteiger partial charge on any atom is 0.246 e. The van der Waals surface area contributed by atoms with Crippen molar-refractivity contribution in [2.45, 2.75) is 25.8 Å². The molecule has 2 heteroatoms. The smallest absolute Gasteiger partial charge is 0.246 e. The molecule has 0 heterocycles. The van der Waals surface area contributed by atoms with Gasteiger partial charge in [-0.05, 0) is 36.0 Å². The van der Waals surface area contributed by atoms with Crippen LogP contribution in [-0.2, 0) is 11.3 Å². The Labute approximate surface area is 138 Å². The lowest BCUT2D eigenvalue weighted by Gasteiger charge is -2.32. The number of nitrogens with zero attached hydrogens (tertiary/aromatic N) is 1. The first-order valence-electron chi connectivity index (χ1n) is 8.37. The van der Waals surface area contributed by atoms with Crippen LogP contribution < -0.4 is 0 Å². The van der Waals surface area contributed by atoms with E-state index in [1.54, 1.807) is 6.08 Å². The largest absolute Gasteiger partial charge is 0.335 e. The van der Waals surface area contributed by atoms with Gasteiger partial charge in [0, 0.05) is 19.2 Å². The van der Waals surface area contributed by atoms with Crippen LogP contribution in [0.5, 0.6) is 0 Å². The molecule has 0 aromatic heterocycles. The SMILES string of the molecule is O=C(/C=C/c1ccccc1)N(Cc1ccccc1)CC1CCC1. The molecule has 0 spiro atoms. The van der Waals surface area contributed by atoms with Crippen LogP contribution in [0.4, 0.5) is 0 Å². The van der Waals surface area contributed by atoms with Gasteiger partial charge in [0.2, 0.25) is 5.91 Å². The van der Waals surface area contributed by atoms with Crippen LogP contribution in [0.3, 0.4) is 0 Å². The molecule has 3 rings (SSSR count). The second kappa shape index (κ2) is 7.77. The molecular weight excluding hydrogens is 282 g/mol. The number of benzene rings is 2. The van der Waals surface area contributed by atoms with Gasteiger partial charge in [0.1, 0.15) is 0 Å². The van der Waals surface area contributed by atoms with Crippen molar-refractivity contribution in [3.05, 3.63) is 77.9 Å². The van der Waals surface area contributed by atoms with Crippen molar-refractivity contribution in [2.24, 2.45) is 5.92 Å². The Hall–Kier alpha value is -2.35. The quantitative estimate of drug-likeness (QED) is 0.718. The fourth-order valence-corrected chi connectivity index (χ4v) is 2.86. The van der Waals surface area contributed by atoms with Crippen LogP contribution in [0.1, 0.15) is 30.4 Å². The van der Waals surface area contributed by atoms with Crippen LogP contribution in [0, 0.1) is 5.92 Å². The van der Waals surface area contributed by atoms with E-state index in [0.29, 0.717) is 12.5 Å². The Kier molecular flexibility index (Phi) is 5.25. The average molecular weight is 305 g/mol. The molecule has 0 aliphatic heterocycles. The molecule has 1 saturated carbocycles. The zero-order chi connectivity index (χ0) is 15.9. The van der Waals surface area contributed by atoms with E-state index in [1.807, 2.05) is 59.5 Å². The number of amides is 1. The number of hydrogen-bond acceptors (Lipinski definition) is 1. The number of rotatable bonds is 6. The van der Waals surface area contributed by atoms with Crippen molar-refractivity contribution < 1.29 is 4.79 Å². The third-order valence-corrected chi connectivity index (χ3v) is 4.45. The first kappa shape index (κ1) is 15.5. The summed E-state index contributed by atoms with van der Waals surface area (Å²) in [5.74, 6) is 0.775. The lowest BCUT2D eigenvalue weighted by Crippen LogP contribution is -2.36. The third kappa shape index (κ3) is 4.56. The van der Waals surface area contributed by atoms with Gasteiger partial charge in [-0.2, -0.15) is 0 Å². The van der Waals surface area contributed by atoms with Crippen molar-refractivity contribution in [3.63, 3.8) is 0 Å². The molecule has 1 aliphatic carbocycles. The molecule has 0 radical (unpaired) electrons. The summed E-state index contributed by atoms with van der Waals surface area (Å²) in [6.45, 7) is 1.56. The molecule has 0 N–H and O–H groups in total. The molecule has 23 heavy (non-hydrogen) atoms. The summed E-state index contributed by atoms with van der Waals surface area (Å²) < 4.78 is 0. The van der Waals surface area contributed by atoms with E-state index in [4.69, 9.17) is 0 Å². The Morgan fingerprint density at radius 2 is 1.65 bits per heavy atom. The van der Waals surface area contributed by atoms with E-state index in [-0.39, 0.29) is 5.91 Å². The monoisotopic (exact) mass is 305 g/mol. The fraction of sp³-hybridized carbons (Fsp3) is 0.286. The standard InChI is InChI=1S/C21H23NO/c23-21(15-14-18-8-3-1-4-9-18)22(17-20-12-7-13-20)16-19-10-5-2-6-11-19/h1-6,8-11,14-15,20H,7,12-13,16-17H2/b15-14+. The molecule has 0 bridgehead atoms. The summed E-state index contributed by atoms with van der Waals surface area (Å²) >= 11 is 0.